The van der Waals surface area contributed by atoms with Crippen LogP contribution in [0.4, 0.5) is 0 Å². The van der Waals surface area contributed by atoms with Crippen LogP contribution in [0.15, 0.2) is 0 Å². The lowest BCUT2D eigenvalue weighted by atomic mass is 9.84. The van der Waals surface area contributed by atoms with Crippen molar-refractivity contribution in [1.82, 2.24) is 10.2 Å². The van der Waals surface area contributed by atoms with Gasteiger partial charge in [0.2, 0.25) is 5.91 Å². The van der Waals surface area contributed by atoms with E-state index in [4.69, 9.17) is 0 Å². The minimum atomic E-state index is -0.753. The molecule has 0 aromatic rings. The quantitative estimate of drug-likeness (QED) is 0.794. The molecule has 2 bridgehead atoms. The summed E-state index contributed by atoms with van der Waals surface area (Å²) >= 11 is 0. The first-order valence-electron chi connectivity index (χ1n) is 7.34. The summed E-state index contributed by atoms with van der Waals surface area (Å²) in [5, 5.41) is 12.9. The summed E-state index contributed by atoms with van der Waals surface area (Å²) < 4.78 is 0. The van der Waals surface area contributed by atoms with Gasteiger partial charge in [-0.3, -0.25) is 9.59 Å². The van der Waals surface area contributed by atoms with Gasteiger partial charge in [-0.05, 0) is 32.1 Å². The Kier molecular flexibility index (Phi) is 3.04. The van der Waals surface area contributed by atoms with Crippen molar-refractivity contribution in [2.45, 2.75) is 51.1 Å². The number of amides is 1. The maximum absolute atomic E-state index is 12.6. The molecule has 2 N–H and O–H groups in total. The van der Waals surface area contributed by atoms with Crippen LogP contribution in [0.2, 0.25) is 0 Å². The first-order valence-corrected chi connectivity index (χ1v) is 7.34. The minimum absolute atomic E-state index is 0.0835. The van der Waals surface area contributed by atoms with Crippen molar-refractivity contribution in [1.29, 1.82) is 0 Å². The van der Waals surface area contributed by atoms with Crippen LogP contribution in [0, 0.1) is 11.3 Å². The standard InChI is InChI=1S/C14H22N2O3/c1-2-14(13(18)19)5-6-16(8-14)12(17)10-7-9-3-4-11(10)15-9/h9-11,15H,2-8H2,1H3,(H,18,19). The van der Waals surface area contributed by atoms with Gasteiger partial charge < -0.3 is 15.3 Å². The number of fused-ring (bicyclic) bond motifs is 2. The molecule has 0 aliphatic carbocycles. The molecule has 1 amide bonds. The molecule has 5 heteroatoms. The fourth-order valence-electron chi connectivity index (χ4n) is 4.01. The molecule has 5 nitrogen and oxygen atoms in total. The van der Waals surface area contributed by atoms with Gasteiger partial charge in [0.15, 0.2) is 0 Å². The molecule has 3 rings (SSSR count). The van der Waals surface area contributed by atoms with Gasteiger partial charge in [0.1, 0.15) is 0 Å². The maximum Gasteiger partial charge on any atom is 0.311 e. The molecule has 4 unspecified atom stereocenters. The van der Waals surface area contributed by atoms with Crippen LogP contribution in [0.3, 0.4) is 0 Å². The molecular weight excluding hydrogens is 244 g/mol. The number of nitrogens with zero attached hydrogens (tertiary/aromatic N) is 1. The molecule has 0 radical (unpaired) electrons. The van der Waals surface area contributed by atoms with Crippen molar-refractivity contribution in [2.75, 3.05) is 13.1 Å². The predicted octanol–water partition coefficient (Wildman–Crippen LogP) is 0.840. The number of rotatable bonds is 3. The van der Waals surface area contributed by atoms with Gasteiger partial charge in [-0.15, -0.1) is 0 Å². The zero-order valence-corrected chi connectivity index (χ0v) is 11.4. The second-order valence-corrected chi connectivity index (χ2v) is 6.34. The smallest absolute Gasteiger partial charge is 0.311 e. The first kappa shape index (κ1) is 12.9. The molecule has 3 saturated heterocycles. The van der Waals surface area contributed by atoms with Gasteiger partial charge in [0, 0.05) is 25.2 Å². The van der Waals surface area contributed by atoms with Crippen LogP contribution in [-0.2, 0) is 9.59 Å². The van der Waals surface area contributed by atoms with E-state index < -0.39 is 11.4 Å². The summed E-state index contributed by atoms with van der Waals surface area (Å²) in [6, 6.07) is 0.843. The second kappa shape index (κ2) is 4.47. The lowest BCUT2D eigenvalue weighted by Crippen LogP contribution is -2.42. The highest BCUT2D eigenvalue weighted by Crippen LogP contribution is 2.38. The third-order valence-corrected chi connectivity index (χ3v) is 5.41. The zero-order valence-electron chi connectivity index (χ0n) is 11.4. The highest BCUT2D eigenvalue weighted by atomic mass is 16.4. The van der Waals surface area contributed by atoms with Crippen molar-refractivity contribution in [3.8, 4) is 0 Å². The van der Waals surface area contributed by atoms with Gasteiger partial charge in [-0.2, -0.15) is 0 Å². The summed E-state index contributed by atoms with van der Waals surface area (Å²) in [6.45, 7) is 2.90. The van der Waals surface area contributed by atoms with Gasteiger partial charge in [-0.25, -0.2) is 0 Å². The topological polar surface area (TPSA) is 69.6 Å². The summed E-state index contributed by atoms with van der Waals surface area (Å²) in [7, 11) is 0. The molecule has 106 valence electrons. The molecular formula is C14H22N2O3. The molecule has 3 heterocycles. The Morgan fingerprint density at radius 1 is 1.42 bits per heavy atom. The molecule has 4 atom stereocenters. The molecule has 0 saturated carbocycles. The second-order valence-electron chi connectivity index (χ2n) is 6.34. The van der Waals surface area contributed by atoms with Crippen molar-refractivity contribution >= 4 is 11.9 Å². The molecule has 0 spiro atoms. The third kappa shape index (κ3) is 1.95. The largest absolute Gasteiger partial charge is 0.481 e. The number of likely N-dealkylation sites (tertiary alicyclic amines) is 1. The summed E-state index contributed by atoms with van der Waals surface area (Å²) in [6.07, 6.45) is 4.40. The van der Waals surface area contributed by atoms with Gasteiger partial charge in [0.05, 0.1) is 11.3 Å². The minimum Gasteiger partial charge on any atom is -0.481 e. The normalized spacial score (nSPS) is 40.9. The molecule has 3 aliphatic rings. The Bertz CT molecular complexity index is 411. The lowest BCUT2D eigenvalue weighted by Gasteiger charge is -2.27. The van der Waals surface area contributed by atoms with Crippen LogP contribution in [0.5, 0.6) is 0 Å². The molecule has 0 aromatic heterocycles. The maximum atomic E-state index is 12.6. The number of carboxylic acids is 1. The van der Waals surface area contributed by atoms with Crippen LogP contribution in [0.25, 0.3) is 0 Å². The number of hydrogen-bond donors (Lipinski definition) is 2. The van der Waals surface area contributed by atoms with E-state index in [1.165, 1.54) is 6.42 Å². The number of carbonyl (C=O) groups excluding carboxylic acids is 1. The summed E-state index contributed by atoms with van der Waals surface area (Å²) in [4.78, 5) is 25.8. The Balaban J connectivity index is 1.68. The van der Waals surface area contributed by atoms with E-state index in [2.05, 4.69) is 5.32 Å². The molecule has 0 aromatic carbocycles. The van der Waals surface area contributed by atoms with Gasteiger partial charge in [-0.1, -0.05) is 6.92 Å². The fourth-order valence-corrected chi connectivity index (χ4v) is 4.01. The molecule has 19 heavy (non-hydrogen) atoms. The van der Waals surface area contributed by atoms with Crippen molar-refractivity contribution in [3.63, 3.8) is 0 Å². The van der Waals surface area contributed by atoms with Crippen LogP contribution >= 0.6 is 0 Å². The Labute approximate surface area is 113 Å². The first-order chi connectivity index (χ1) is 9.05. The highest BCUT2D eigenvalue weighted by molar-refractivity contribution is 5.83. The average molecular weight is 266 g/mol. The van der Waals surface area contributed by atoms with E-state index in [1.807, 2.05) is 6.92 Å². The predicted molar refractivity (Wildman–Crippen MR) is 69.6 cm³/mol. The van der Waals surface area contributed by atoms with E-state index in [1.54, 1.807) is 4.90 Å². The summed E-state index contributed by atoms with van der Waals surface area (Å²) in [5.74, 6) is -0.493. The van der Waals surface area contributed by atoms with E-state index in [-0.39, 0.29) is 11.8 Å². The fraction of sp³-hybridized carbons (Fsp3) is 0.857. The van der Waals surface area contributed by atoms with Gasteiger partial charge in [0.25, 0.3) is 0 Å². The van der Waals surface area contributed by atoms with E-state index >= 15 is 0 Å². The van der Waals surface area contributed by atoms with E-state index in [9.17, 15) is 14.7 Å². The number of nitrogens with one attached hydrogen (secondary N) is 1. The van der Waals surface area contributed by atoms with Gasteiger partial charge >= 0.3 is 5.97 Å². The number of aliphatic carboxylic acids is 1. The van der Waals surface area contributed by atoms with E-state index in [0.717, 1.165) is 12.8 Å². The van der Waals surface area contributed by atoms with Crippen LogP contribution in [-0.4, -0.2) is 47.1 Å². The average Bonchev–Trinajstić information content (AvgIpc) is 3.12. The highest BCUT2D eigenvalue weighted by Gasteiger charge is 2.49. The summed E-state index contributed by atoms with van der Waals surface area (Å²) in [5.41, 5.74) is -0.708. The number of carbonyl (C=O) groups is 2. The Hall–Kier alpha value is -1.10. The Morgan fingerprint density at radius 2 is 2.21 bits per heavy atom. The Morgan fingerprint density at radius 3 is 2.68 bits per heavy atom. The molecule has 3 aliphatic heterocycles. The van der Waals surface area contributed by atoms with E-state index in [0.29, 0.717) is 38.0 Å². The third-order valence-electron chi connectivity index (χ3n) is 5.41. The monoisotopic (exact) mass is 266 g/mol. The molecule has 3 fully saturated rings. The number of hydrogen-bond acceptors (Lipinski definition) is 3. The van der Waals surface area contributed by atoms with Crippen molar-refractivity contribution < 1.29 is 14.7 Å². The van der Waals surface area contributed by atoms with Crippen LogP contribution in [0.1, 0.15) is 39.0 Å². The zero-order chi connectivity index (χ0) is 13.6. The van der Waals surface area contributed by atoms with Crippen molar-refractivity contribution in [3.05, 3.63) is 0 Å². The van der Waals surface area contributed by atoms with Crippen LogP contribution < -0.4 is 5.32 Å². The SMILES string of the molecule is CCC1(C(=O)O)CCN(C(=O)C2CC3CCC2N3)C1. The van der Waals surface area contributed by atoms with Crippen molar-refractivity contribution in [2.24, 2.45) is 11.3 Å². The lowest BCUT2D eigenvalue weighted by molar-refractivity contribution is -0.149. The number of carboxylic acid groups (broad SMARTS) is 1.